The first kappa shape index (κ1) is 17.3. The number of nitrogens with one attached hydrogen (secondary N) is 1. The van der Waals surface area contributed by atoms with Crippen molar-refractivity contribution in [2.45, 2.75) is 52.4 Å². The zero-order valence-electron chi connectivity index (χ0n) is 14.6. The average molecular weight is 309 g/mol. The predicted molar refractivity (Wildman–Crippen MR) is 97.9 cm³/mol. The standard InChI is InChI=1S/C21H27NO/c1-5-16-8-13-19(14-9-16)22-20(23)15-10-17-6-11-18(12-7-17)21(2,3)4/h6-9,11-14H,5,10,15H2,1-4H3,(H,22,23). The predicted octanol–water partition coefficient (Wildman–Crippen LogP) is 5.12. The second-order valence-corrected chi connectivity index (χ2v) is 7.05. The highest BCUT2D eigenvalue weighted by atomic mass is 16.1. The quantitative estimate of drug-likeness (QED) is 0.816. The van der Waals surface area contributed by atoms with Crippen LogP contribution in [0.2, 0.25) is 0 Å². The summed E-state index contributed by atoms with van der Waals surface area (Å²) in [6.45, 7) is 8.75. The molecule has 0 heterocycles. The van der Waals surface area contributed by atoms with Crippen molar-refractivity contribution in [1.29, 1.82) is 0 Å². The molecule has 2 aromatic carbocycles. The minimum absolute atomic E-state index is 0.0640. The van der Waals surface area contributed by atoms with Crippen molar-refractivity contribution in [2.24, 2.45) is 0 Å². The summed E-state index contributed by atoms with van der Waals surface area (Å²) in [4.78, 5) is 12.1. The lowest BCUT2D eigenvalue weighted by Gasteiger charge is -2.19. The van der Waals surface area contributed by atoms with Gasteiger partial charge in [-0.2, -0.15) is 0 Å². The van der Waals surface area contributed by atoms with Gasteiger partial charge in [0.15, 0.2) is 0 Å². The second-order valence-electron chi connectivity index (χ2n) is 7.05. The number of aryl methyl sites for hydroxylation is 2. The Morgan fingerprint density at radius 1 is 0.913 bits per heavy atom. The molecular formula is C21H27NO. The van der Waals surface area contributed by atoms with Crippen LogP contribution in [0.1, 0.15) is 50.8 Å². The van der Waals surface area contributed by atoms with Crippen LogP contribution in [0.25, 0.3) is 0 Å². The smallest absolute Gasteiger partial charge is 0.224 e. The molecule has 1 amide bonds. The van der Waals surface area contributed by atoms with Gasteiger partial charge < -0.3 is 5.32 Å². The molecule has 0 aromatic heterocycles. The fourth-order valence-electron chi connectivity index (χ4n) is 2.48. The molecular weight excluding hydrogens is 282 g/mol. The highest BCUT2D eigenvalue weighted by Crippen LogP contribution is 2.22. The summed E-state index contributed by atoms with van der Waals surface area (Å²) in [5.41, 5.74) is 4.84. The van der Waals surface area contributed by atoms with Gasteiger partial charge in [-0.05, 0) is 47.1 Å². The van der Waals surface area contributed by atoms with Crippen molar-refractivity contribution in [2.75, 3.05) is 5.32 Å². The minimum atomic E-state index is 0.0640. The molecule has 2 heteroatoms. The maximum Gasteiger partial charge on any atom is 0.224 e. The van der Waals surface area contributed by atoms with Crippen LogP contribution in [0.5, 0.6) is 0 Å². The van der Waals surface area contributed by atoms with E-state index < -0.39 is 0 Å². The molecule has 23 heavy (non-hydrogen) atoms. The third-order valence-corrected chi connectivity index (χ3v) is 4.11. The van der Waals surface area contributed by atoms with Crippen molar-refractivity contribution in [3.63, 3.8) is 0 Å². The van der Waals surface area contributed by atoms with Crippen LogP contribution in [-0.2, 0) is 23.1 Å². The van der Waals surface area contributed by atoms with Crippen molar-refractivity contribution in [3.05, 3.63) is 65.2 Å². The van der Waals surface area contributed by atoms with Gasteiger partial charge in [0.1, 0.15) is 0 Å². The van der Waals surface area contributed by atoms with Crippen LogP contribution in [0.4, 0.5) is 5.69 Å². The monoisotopic (exact) mass is 309 g/mol. The Labute approximate surface area is 139 Å². The molecule has 0 aliphatic rings. The van der Waals surface area contributed by atoms with Gasteiger partial charge in [-0.25, -0.2) is 0 Å². The Morgan fingerprint density at radius 2 is 1.48 bits per heavy atom. The van der Waals surface area contributed by atoms with Crippen LogP contribution in [0.15, 0.2) is 48.5 Å². The van der Waals surface area contributed by atoms with Crippen molar-refractivity contribution in [3.8, 4) is 0 Å². The first-order chi connectivity index (χ1) is 10.9. The average Bonchev–Trinajstić information content (AvgIpc) is 2.53. The molecule has 2 aromatic rings. The fraction of sp³-hybridized carbons (Fsp3) is 0.381. The van der Waals surface area contributed by atoms with E-state index in [9.17, 15) is 4.79 Å². The molecule has 0 saturated carbocycles. The molecule has 0 saturated heterocycles. The van der Waals surface area contributed by atoms with Gasteiger partial charge in [-0.1, -0.05) is 64.1 Å². The van der Waals surface area contributed by atoms with Crippen LogP contribution in [0, 0.1) is 0 Å². The molecule has 0 atom stereocenters. The Kier molecular flexibility index (Phi) is 5.59. The highest BCUT2D eigenvalue weighted by molar-refractivity contribution is 5.90. The van der Waals surface area contributed by atoms with Gasteiger partial charge >= 0.3 is 0 Å². The summed E-state index contributed by atoms with van der Waals surface area (Å²) in [5, 5.41) is 2.96. The number of anilines is 1. The Balaban J connectivity index is 1.86. The van der Waals surface area contributed by atoms with E-state index in [-0.39, 0.29) is 11.3 Å². The molecule has 2 rings (SSSR count). The summed E-state index contributed by atoms with van der Waals surface area (Å²) in [7, 11) is 0. The summed E-state index contributed by atoms with van der Waals surface area (Å²) in [5.74, 6) is 0.0640. The Bertz CT molecular complexity index is 633. The molecule has 0 spiro atoms. The number of hydrogen-bond acceptors (Lipinski definition) is 1. The first-order valence-electron chi connectivity index (χ1n) is 8.36. The van der Waals surface area contributed by atoms with Crippen molar-refractivity contribution >= 4 is 11.6 Å². The van der Waals surface area contributed by atoms with Gasteiger partial charge in [-0.15, -0.1) is 0 Å². The van der Waals surface area contributed by atoms with Gasteiger partial charge in [-0.3, -0.25) is 4.79 Å². The molecule has 0 bridgehead atoms. The van der Waals surface area contributed by atoms with Crippen LogP contribution in [0.3, 0.4) is 0 Å². The van der Waals surface area contributed by atoms with E-state index in [2.05, 4.69) is 69.4 Å². The molecule has 0 aliphatic heterocycles. The number of carbonyl (C=O) groups excluding carboxylic acids is 1. The number of hydrogen-bond donors (Lipinski definition) is 1. The van der Waals surface area contributed by atoms with E-state index in [1.54, 1.807) is 0 Å². The fourth-order valence-corrected chi connectivity index (χ4v) is 2.48. The van der Waals surface area contributed by atoms with Crippen molar-refractivity contribution in [1.82, 2.24) is 0 Å². The van der Waals surface area contributed by atoms with E-state index in [1.165, 1.54) is 16.7 Å². The van der Waals surface area contributed by atoms with E-state index in [4.69, 9.17) is 0 Å². The van der Waals surface area contributed by atoms with Gasteiger partial charge in [0.05, 0.1) is 0 Å². The summed E-state index contributed by atoms with van der Waals surface area (Å²) >= 11 is 0. The summed E-state index contributed by atoms with van der Waals surface area (Å²) in [6.07, 6.45) is 2.28. The zero-order valence-corrected chi connectivity index (χ0v) is 14.6. The lowest BCUT2D eigenvalue weighted by atomic mass is 9.86. The second kappa shape index (κ2) is 7.45. The molecule has 0 fully saturated rings. The summed E-state index contributed by atoms with van der Waals surface area (Å²) in [6, 6.07) is 16.6. The first-order valence-corrected chi connectivity index (χ1v) is 8.36. The number of benzene rings is 2. The molecule has 0 unspecified atom stereocenters. The largest absolute Gasteiger partial charge is 0.326 e. The maximum atomic E-state index is 12.1. The Morgan fingerprint density at radius 3 is 2.00 bits per heavy atom. The van der Waals surface area contributed by atoms with Crippen LogP contribution < -0.4 is 5.32 Å². The highest BCUT2D eigenvalue weighted by Gasteiger charge is 2.13. The Hall–Kier alpha value is -2.09. The van der Waals surface area contributed by atoms with E-state index in [0.717, 1.165) is 18.5 Å². The lowest BCUT2D eigenvalue weighted by Crippen LogP contribution is -2.13. The SMILES string of the molecule is CCc1ccc(NC(=O)CCc2ccc(C(C)(C)C)cc2)cc1. The number of carbonyl (C=O) groups is 1. The van der Waals surface area contributed by atoms with Crippen LogP contribution in [-0.4, -0.2) is 5.91 Å². The molecule has 122 valence electrons. The summed E-state index contributed by atoms with van der Waals surface area (Å²) < 4.78 is 0. The molecule has 0 aliphatic carbocycles. The topological polar surface area (TPSA) is 29.1 Å². The van der Waals surface area contributed by atoms with Gasteiger partial charge in [0, 0.05) is 12.1 Å². The molecule has 2 nitrogen and oxygen atoms in total. The van der Waals surface area contributed by atoms with E-state index in [0.29, 0.717) is 6.42 Å². The van der Waals surface area contributed by atoms with E-state index in [1.807, 2.05) is 12.1 Å². The molecule has 1 N–H and O–H groups in total. The minimum Gasteiger partial charge on any atom is -0.326 e. The number of amides is 1. The maximum absolute atomic E-state index is 12.1. The van der Waals surface area contributed by atoms with E-state index >= 15 is 0 Å². The molecule has 0 radical (unpaired) electrons. The number of rotatable bonds is 5. The van der Waals surface area contributed by atoms with Crippen LogP contribution >= 0.6 is 0 Å². The van der Waals surface area contributed by atoms with Gasteiger partial charge in [0.2, 0.25) is 5.91 Å². The lowest BCUT2D eigenvalue weighted by molar-refractivity contribution is -0.116. The van der Waals surface area contributed by atoms with Crippen molar-refractivity contribution < 1.29 is 4.79 Å². The van der Waals surface area contributed by atoms with Gasteiger partial charge in [0.25, 0.3) is 0 Å². The normalized spacial score (nSPS) is 11.3. The third-order valence-electron chi connectivity index (χ3n) is 4.11. The zero-order chi connectivity index (χ0) is 16.9. The third kappa shape index (κ3) is 5.24.